The number of methoxy groups -OCH3 is 2. The second-order valence-electron chi connectivity index (χ2n) is 7.08. The van der Waals surface area contributed by atoms with Crippen LogP contribution in [0, 0.1) is 0 Å². The molecule has 0 aliphatic heterocycles. The van der Waals surface area contributed by atoms with Crippen LogP contribution in [0.2, 0.25) is 0 Å². The first-order chi connectivity index (χ1) is 16.2. The summed E-state index contributed by atoms with van der Waals surface area (Å²) in [6.07, 6.45) is 0. The number of aromatic amines is 1. The molecule has 0 aliphatic carbocycles. The van der Waals surface area contributed by atoms with Crippen molar-refractivity contribution < 1.29 is 18.7 Å². The highest BCUT2D eigenvalue weighted by molar-refractivity contribution is 6.03. The summed E-state index contributed by atoms with van der Waals surface area (Å²) in [6, 6.07) is 20.1. The van der Waals surface area contributed by atoms with Crippen LogP contribution in [0.1, 0.15) is 10.4 Å². The van der Waals surface area contributed by atoms with Gasteiger partial charge in [-0.15, -0.1) is 5.10 Å². The number of para-hydroxylation sites is 2. The zero-order valence-electron chi connectivity index (χ0n) is 17.8. The fourth-order valence-corrected chi connectivity index (χ4v) is 3.49. The lowest BCUT2D eigenvalue weighted by atomic mass is 10.1. The van der Waals surface area contributed by atoms with Gasteiger partial charge >= 0.3 is 6.01 Å². The van der Waals surface area contributed by atoms with Gasteiger partial charge in [0.2, 0.25) is 0 Å². The minimum atomic E-state index is -0.420. The normalized spacial score (nSPS) is 10.8. The molecular weight excluding hydrogens is 422 g/mol. The Morgan fingerprint density at radius 3 is 2.45 bits per heavy atom. The number of nitrogens with zero attached hydrogens (tertiary/aromatic N) is 3. The first kappa shape index (κ1) is 20.3. The van der Waals surface area contributed by atoms with Gasteiger partial charge in [0.15, 0.2) is 11.5 Å². The predicted molar refractivity (Wildman–Crippen MR) is 122 cm³/mol. The molecule has 33 heavy (non-hydrogen) atoms. The predicted octanol–water partition coefficient (Wildman–Crippen LogP) is 4.55. The number of aromatic nitrogens is 4. The molecule has 164 valence electrons. The van der Waals surface area contributed by atoms with Gasteiger partial charge < -0.3 is 18.9 Å². The molecule has 0 saturated carbocycles. The number of amides is 1. The van der Waals surface area contributed by atoms with Crippen molar-refractivity contribution in [3.8, 4) is 34.3 Å². The van der Waals surface area contributed by atoms with Crippen LogP contribution < -0.4 is 14.8 Å². The van der Waals surface area contributed by atoms with E-state index >= 15 is 0 Å². The van der Waals surface area contributed by atoms with E-state index in [1.165, 1.54) is 14.2 Å². The third-order valence-electron chi connectivity index (χ3n) is 5.09. The summed E-state index contributed by atoms with van der Waals surface area (Å²) in [4.78, 5) is 20.6. The molecular formula is C24H19N5O4. The van der Waals surface area contributed by atoms with Gasteiger partial charge in [-0.25, -0.2) is 4.98 Å². The zero-order valence-corrected chi connectivity index (χ0v) is 17.8. The van der Waals surface area contributed by atoms with Crippen molar-refractivity contribution in [2.75, 3.05) is 19.5 Å². The van der Waals surface area contributed by atoms with E-state index in [-0.39, 0.29) is 11.9 Å². The van der Waals surface area contributed by atoms with Gasteiger partial charge in [-0.2, -0.15) is 0 Å². The molecule has 2 heterocycles. The number of anilines is 1. The molecule has 5 rings (SSSR count). The van der Waals surface area contributed by atoms with Gasteiger partial charge in [0.05, 0.1) is 25.3 Å². The average Bonchev–Trinajstić information content (AvgIpc) is 3.50. The van der Waals surface area contributed by atoms with E-state index in [9.17, 15) is 4.79 Å². The Balaban J connectivity index is 1.42. The third-order valence-corrected chi connectivity index (χ3v) is 5.09. The highest BCUT2D eigenvalue weighted by Crippen LogP contribution is 2.32. The van der Waals surface area contributed by atoms with Crippen LogP contribution in [-0.2, 0) is 0 Å². The number of ether oxygens (including phenoxy) is 2. The van der Waals surface area contributed by atoms with Gasteiger partial charge in [-0.3, -0.25) is 10.1 Å². The van der Waals surface area contributed by atoms with E-state index in [1.807, 2.05) is 48.5 Å². The second kappa shape index (κ2) is 8.46. The van der Waals surface area contributed by atoms with E-state index in [1.54, 1.807) is 18.2 Å². The Bertz CT molecular complexity index is 1420. The number of carbonyl (C=O) groups excluding carboxylic acids is 1. The van der Waals surface area contributed by atoms with Gasteiger partial charge in [-0.05, 0) is 36.4 Å². The highest BCUT2D eigenvalue weighted by Gasteiger charge is 2.18. The average molecular weight is 441 g/mol. The number of hydrogen-bond acceptors (Lipinski definition) is 7. The molecule has 3 aromatic carbocycles. The molecule has 0 fully saturated rings. The summed E-state index contributed by atoms with van der Waals surface area (Å²) in [7, 11) is 3.03. The lowest BCUT2D eigenvalue weighted by molar-refractivity contribution is 0.102. The quantitative estimate of drug-likeness (QED) is 0.397. The van der Waals surface area contributed by atoms with Crippen molar-refractivity contribution in [3.05, 3.63) is 72.3 Å². The van der Waals surface area contributed by atoms with Crippen molar-refractivity contribution in [1.29, 1.82) is 0 Å². The molecule has 2 aromatic heterocycles. The standard InChI is InChI=1S/C24H19N5O4/c1-31-19-12-11-14(13-20(19)32-2)22(30)27-24-29-28-23(33-24)16-8-4-3-7-15(16)21-25-17-9-5-6-10-18(17)26-21/h3-13H,1-2H3,(H,25,26)(H,27,29,30). The lowest BCUT2D eigenvalue weighted by Gasteiger charge is -2.08. The topological polar surface area (TPSA) is 115 Å². The van der Waals surface area contributed by atoms with Crippen molar-refractivity contribution in [3.63, 3.8) is 0 Å². The van der Waals surface area contributed by atoms with Gasteiger partial charge in [0.1, 0.15) is 5.82 Å². The Labute approximate surface area is 188 Å². The maximum Gasteiger partial charge on any atom is 0.322 e. The van der Waals surface area contributed by atoms with E-state index in [0.29, 0.717) is 28.5 Å². The SMILES string of the molecule is COc1ccc(C(=O)Nc2nnc(-c3ccccc3-c3nc4ccccc4[nH]3)o2)cc1OC. The van der Waals surface area contributed by atoms with E-state index in [0.717, 1.165) is 16.6 Å². The Morgan fingerprint density at radius 1 is 0.909 bits per heavy atom. The summed E-state index contributed by atoms with van der Waals surface area (Å²) in [5, 5.41) is 10.7. The molecule has 9 nitrogen and oxygen atoms in total. The van der Waals surface area contributed by atoms with Crippen LogP contribution in [0.25, 0.3) is 33.9 Å². The van der Waals surface area contributed by atoms with Crippen molar-refractivity contribution in [1.82, 2.24) is 20.2 Å². The number of imidazole rings is 1. The number of hydrogen-bond donors (Lipinski definition) is 2. The fraction of sp³-hybridized carbons (Fsp3) is 0.0833. The number of fused-ring (bicyclic) bond motifs is 1. The number of carbonyl (C=O) groups is 1. The van der Waals surface area contributed by atoms with Crippen LogP contribution >= 0.6 is 0 Å². The van der Waals surface area contributed by atoms with Crippen LogP contribution in [0.5, 0.6) is 11.5 Å². The van der Waals surface area contributed by atoms with Crippen LogP contribution in [-0.4, -0.2) is 40.3 Å². The van der Waals surface area contributed by atoms with Crippen LogP contribution in [0.3, 0.4) is 0 Å². The summed E-state index contributed by atoms with van der Waals surface area (Å²) in [5.41, 5.74) is 3.63. The molecule has 0 spiro atoms. The minimum absolute atomic E-state index is 0.0239. The van der Waals surface area contributed by atoms with Gasteiger partial charge in [0.25, 0.3) is 11.8 Å². The summed E-state index contributed by atoms with van der Waals surface area (Å²) >= 11 is 0. The first-order valence-electron chi connectivity index (χ1n) is 10.1. The van der Waals surface area contributed by atoms with Crippen molar-refractivity contribution in [2.24, 2.45) is 0 Å². The molecule has 0 radical (unpaired) electrons. The largest absolute Gasteiger partial charge is 0.493 e. The zero-order chi connectivity index (χ0) is 22.8. The molecule has 9 heteroatoms. The molecule has 0 aliphatic rings. The van der Waals surface area contributed by atoms with Gasteiger partial charge in [0, 0.05) is 16.7 Å². The van der Waals surface area contributed by atoms with Crippen molar-refractivity contribution in [2.45, 2.75) is 0 Å². The summed E-state index contributed by atoms with van der Waals surface area (Å²) in [6.45, 7) is 0. The smallest absolute Gasteiger partial charge is 0.322 e. The molecule has 2 N–H and O–H groups in total. The third kappa shape index (κ3) is 3.87. The summed E-state index contributed by atoms with van der Waals surface area (Å²) < 4.78 is 16.2. The Kier molecular flexibility index (Phi) is 5.19. The molecule has 0 unspecified atom stereocenters. The van der Waals surface area contributed by atoms with Crippen molar-refractivity contribution >= 4 is 23.0 Å². The molecule has 5 aromatic rings. The number of rotatable bonds is 6. The second-order valence-corrected chi connectivity index (χ2v) is 7.08. The van der Waals surface area contributed by atoms with E-state index in [2.05, 4.69) is 25.5 Å². The minimum Gasteiger partial charge on any atom is -0.493 e. The molecule has 1 amide bonds. The highest BCUT2D eigenvalue weighted by atomic mass is 16.5. The fourth-order valence-electron chi connectivity index (χ4n) is 3.49. The van der Waals surface area contributed by atoms with Gasteiger partial charge in [-0.1, -0.05) is 35.4 Å². The molecule has 0 atom stereocenters. The van der Waals surface area contributed by atoms with Crippen LogP contribution in [0.15, 0.2) is 71.1 Å². The summed E-state index contributed by atoms with van der Waals surface area (Å²) in [5.74, 6) is 1.48. The Morgan fingerprint density at radius 2 is 1.67 bits per heavy atom. The molecule has 0 saturated heterocycles. The number of H-pyrrole nitrogens is 1. The maximum absolute atomic E-state index is 12.7. The number of nitrogens with one attached hydrogen (secondary N) is 2. The first-order valence-corrected chi connectivity index (χ1v) is 10.1. The monoisotopic (exact) mass is 441 g/mol. The Hall–Kier alpha value is -4.66. The number of benzene rings is 3. The maximum atomic E-state index is 12.7. The van der Waals surface area contributed by atoms with E-state index < -0.39 is 5.91 Å². The van der Waals surface area contributed by atoms with E-state index in [4.69, 9.17) is 13.9 Å². The lowest BCUT2D eigenvalue weighted by Crippen LogP contribution is -2.12. The molecule has 0 bridgehead atoms. The van der Waals surface area contributed by atoms with Crippen LogP contribution in [0.4, 0.5) is 6.01 Å².